The van der Waals surface area contributed by atoms with Gasteiger partial charge in [-0.1, -0.05) is 24.3 Å². The molecule has 0 bridgehead atoms. The molecule has 0 saturated heterocycles. The van der Waals surface area contributed by atoms with Gasteiger partial charge >= 0.3 is 6.09 Å². The third-order valence-electron chi connectivity index (χ3n) is 5.30. The molecule has 1 aliphatic heterocycles. The van der Waals surface area contributed by atoms with E-state index in [1.165, 1.54) is 9.80 Å². The molecule has 13 heteroatoms. The normalized spacial score (nSPS) is 13.5. The van der Waals surface area contributed by atoms with Crippen LogP contribution in [0.5, 0.6) is 0 Å². The molecule has 3 rings (SSSR count). The van der Waals surface area contributed by atoms with Crippen LogP contribution in [-0.2, 0) is 25.9 Å². The molecule has 0 aliphatic carbocycles. The second-order valence-electron chi connectivity index (χ2n) is 7.97. The molecule has 10 nitrogen and oxygen atoms in total. The minimum atomic E-state index is -4.00. The zero-order chi connectivity index (χ0) is 26.3. The maximum Gasteiger partial charge on any atom is 0.413 e. The second-order valence-corrected chi connectivity index (χ2v) is 9.93. The first-order valence-corrected chi connectivity index (χ1v) is 12.6. The predicted octanol–water partition coefficient (Wildman–Crippen LogP) is 1.70. The highest BCUT2D eigenvalue weighted by molar-refractivity contribution is 7.91. The van der Waals surface area contributed by atoms with Crippen molar-refractivity contribution < 1.29 is 36.6 Å². The third kappa shape index (κ3) is 7.06. The molecule has 194 valence electrons. The lowest BCUT2D eigenvalue weighted by molar-refractivity contribution is -0.135. The Morgan fingerprint density at radius 2 is 1.92 bits per heavy atom. The van der Waals surface area contributed by atoms with Crippen molar-refractivity contribution in [1.82, 2.24) is 15.1 Å². The number of amidine groups is 1. The fraction of sp³-hybridized carbons (Fsp3) is 0.348. The average Bonchev–Trinajstić information content (AvgIpc) is 3.31. The molecule has 1 aliphatic rings. The van der Waals surface area contributed by atoms with Gasteiger partial charge in [0.15, 0.2) is 9.84 Å². The van der Waals surface area contributed by atoms with Gasteiger partial charge in [0.05, 0.1) is 19.7 Å². The number of amides is 2. The Morgan fingerprint density at radius 3 is 2.58 bits per heavy atom. The number of hydrogen-bond acceptors (Lipinski definition) is 7. The Kier molecular flexibility index (Phi) is 9.07. The summed E-state index contributed by atoms with van der Waals surface area (Å²) in [6.45, 7) is 0.952. The number of carboxylic acid groups (broad SMARTS) is 1. The van der Waals surface area contributed by atoms with Crippen LogP contribution in [0.2, 0.25) is 0 Å². The van der Waals surface area contributed by atoms with Crippen LogP contribution in [0.1, 0.15) is 11.1 Å². The second kappa shape index (κ2) is 12.0. The van der Waals surface area contributed by atoms with Gasteiger partial charge in [-0.15, -0.1) is 0 Å². The van der Waals surface area contributed by atoms with Crippen LogP contribution in [0.3, 0.4) is 0 Å². The van der Waals surface area contributed by atoms with Crippen molar-refractivity contribution in [2.75, 3.05) is 45.8 Å². The molecular formula is C23H26F2N4O6S. The van der Waals surface area contributed by atoms with E-state index in [1.807, 2.05) is 0 Å². The van der Waals surface area contributed by atoms with E-state index >= 15 is 0 Å². The zero-order valence-electron chi connectivity index (χ0n) is 19.5. The summed E-state index contributed by atoms with van der Waals surface area (Å²) in [5, 5.41) is 11.8. The largest absolute Gasteiger partial charge is 0.465 e. The zero-order valence-corrected chi connectivity index (χ0v) is 20.3. The number of aliphatic imine (C=N–C) groups is 1. The molecule has 2 amide bonds. The average molecular weight is 525 g/mol. The highest BCUT2D eigenvalue weighted by Crippen LogP contribution is 2.16. The molecule has 0 unspecified atom stereocenters. The summed E-state index contributed by atoms with van der Waals surface area (Å²) in [4.78, 5) is 29.9. The highest BCUT2D eigenvalue weighted by Gasteiger charge is 2.24. The van der Waals surface area contributed by atoms with Gasteiger partial charge in [-0.2, -0.15) is 0 Å². The molecule has 1 heterocycles. The molecule has 2 aromatic rings. The lowest BCUT2D eigenvalue weighted by atomic mass is 10.1. The summed E-state index contributed by atoms with van der Waals surface area (Å²) in [6.07, 6.45) is -1.06. The van der Waals surface area contributed by atoms with Gasteiger partial charge in [0.25, 0.3) is 0 Å². The van der Waals surface area contributed by atoms with E-state index in [1.54, 1.807) is 31.3 Å². The monoisotopic (exact) mass is 524 g/mol. The van der Waals surface area contributed by atoms with Gasteiger partial charge in [-0.3, -0.25) is 14.7 Å². The summed E-state index contributed by atoms with van der Waals surface area (Å²) >= 11 is 0. The van der Waals surface area contributed by atoms with E-state index in [9.17, 15) is 31.9 Å². The van der Waals surface area contributed by atoms with Gasteiger partial charge < -0.3 is 20.1 Å². The van der Waals surface area contributed by atoms with Crippen molar-refractivity contribution in [2.24, 2.45) is 4.99 Å². The first-order chi connectivity index (χ1) is 17.1. The SMILES string of the molecule is CN(Cc1ccc(C2=NCCN2C(=O)O)cc1)C(=O)COCCNCS(=O)(=O)c1ccc(F)cc1F. The highest BCUT2D eigenvalue weighted by atomic mass is 32.2. The van der Waals surface area contributed by atoms with Crippen molar-refractivity contribution in [3.05, 3.63) is 65.2 Å². The quantitative estimate of drug-likeness (QED) is 0.338. The van der Waals surface area contributed by atoms with Gasteiger partial charge in [-0.05, 0) is 17.7 Å². The summed E-state index contributed by atoms with van der Waals surface area (Å²) in [7, 11) is -2.39. The number of benzene rings is 2. The van der Waals surface area contributed by atoms with Crippen LogP contribution in [0.25, 0.3) is 0 Å². The van der Waals surface area contributed by atoms with Gasteiger partial charge in [0.1, 0.15) is 34.8 Å². The van der Waals surface area contributed by atoms with Crippen molar-refractivity contribution in [2.45, 2.75) is 11.4 Å². The van der Waals surface area contributed by atoms with Gasteiger partial charge in [0, 0.05) is 31.8 Å². The molecular weight excluding hydrogens is 498 g/mol. The maximum atomic E-state index is 13.7. The molecule has 2 N–H and O–H groups in total. The number of rotatable bonds is 11. The Labute approximate surface area is 207 Å². The van der Waals surface area contributed by atoms with Crippen molar-refractivity contribution >= 4 is 27.7 Å². The van der Waals surface area contributed by atoms with Gasteiger partial charge in [0.2, 0.25) is 5.91 Å². The fourth-order valence-corrected chi connectivity index (χ4v) is 4.63. The summed E-state index contributed by atoms with van der Waals surface area (Å²) in [5.41, 5.74) is 1.50. The minimum absolute atomic E-state index is 0.0396. The number of nitrogens with zero attached hydrogens (tertiary/aromatic N) is 3. The van der Waals surface area contributed by atoms with E-state index in [0.29, 0.717) is 37.1 Å². The Balaban J connectivity index is 1.38. The molecule has 0 spiro atoms. The van der Waals surface area contributed by atoms with Crippen LogP contribution < -0.4 is 5.32 Å². The van der Waals surface area contributed by atoms with Crippen LogP contribution in [0.4, 0.5) is 13.6 Å². The topological polar surface area (TPSA) is 129 Å². The Hall–Kier alpha value is -3.42. The molecule has 0 fully saturated rings. The summed E-state index contributed by atoms with van der Waals surface area (Å²) in [6, 6.07) is 9.32. The molecule has 36 heavy (non-hydrogen) atoms. The number of hydrogen-bond donors (Lipinski definition) is 2. The van der Waals surface area contributed by atoms with Crippen LogP contribution in [0, 0.1) is 11.6 Å². The maximum absolute atomic E-state index is 13.7. The molecule has 0 aromatic heterocycles. The number of carbonyl (C=O) groups excluding carboxylic acids is 1. The molecule has 0 radical (unpaired) electrons. The number of likely N-dealkylation sites (N-methyl/N-ethyl adjacent to an activating group) is 1. The van der Waals surface area contributed by atoms with Crippen LogP contribution in [0.15, 0.2) is 52.4 Å². The van der Waals surface area contributed by atoms with E-state index in [4.69, 9.17) is 4.74 Å². The van der Waals surface area contributed by atoms with Crippen LogP contribution in [-0.4, -0.2) is 86.9 Å². The van der Waals surface area contributed by atoms with Crippen molar-refractivity contribution in [3.63, 3.8) is 0 Å². The number of ether oxygens (including phenoxy) is 1. The van der Waals surface area contributed by atoms with Crippen LogP contribution >= 0.6 is 0 Å². The Morgan fingerprint density at radius 1 is 1.19 bits per heavy atom. The molecule has 2 aromatic carbocycles. The van der Waals surface area contributed by atoms with Crippen molar-refractivity contribution in [3.8, 4) is 0 Å². The van der Waals surface area contributed by atoms with Crippen molar-refractivity contribution in [1.29, 1.82) is 0 Å². The van der Waals surface area contributed by atoms with E-state index in [2.05, 4.69) is 10.3 Å². The number of nitrogens with one attached hydrogen (secondary N) is 1. The Bertz CT molecular complexity index is 1240. The lowest BCUT2D eigenvalue weighted by Gasteiger charge is -2.18. The van der Waals surface area contributed by atoms with E-state index in [0.717, 1.165) is 17.7 Å². The summed E-state index contributed by atoms with van der Waals surface area (Å²) < 4.78 is 56.2. The van der Waals surface area contributed by atoms with Gasteiger partial charge in [-0.25, -0.2) is 22.0 Å². The predicted molar refractivity (Wildman–Crippen MR) is 126 cm³/mol. The van der Waals surface area contributed by atoms with E-state index < -0.39 is 38.3 Å². The summed E-state index contributed by atoms with van der Waals surface area (Å²) in [5.74, 6) is -2.50. The number of carbonyl (C=O) groups is 2. The lowest BCUT2D eigenvalue weighted by Crippen LogP contribution is -2.33. The first kappa shape index (κ1) is 27.2. The smallest absolute Gasteiger partial charge is 0.413 e. The minimum Gasteiger partial charge on any atom is -0.465 e. The fourth-order valence-electron chi connectivity index (χ4n) is 3.43. The standard InChI is InChI=1S/C23H26F2N4O6S/c1-28(13-16-2-4-17(5-3-16)22-27-8-10-29(22)23(31)32)21(30)14-35-11-9-26-15-36(33,34)20-7-6-18(24)12-19(20)25/h2-7,12,26H,8-11,13-15H2,1H3,(H,31,32). The molecule has 0 saturated carbocycles. The number of halogens is 2. The third-order valence-corrected chi connectivity index (χ3v) is 6.88. The van der Waals surface area contributed by atoms with E-state index in [-0.39, 0.29) is 25.7 Å². The molecule has 0 atom stereocenters. The number of sulfone groups is 1. The first-order valence-electron chi connectivity index (χ1n) is 10.9.